The molecule has 38 valence electrons. The minimum atomic E-state index is 0.208. The summed E-state index contributed by atoms with van der Waals surface area (Å²) >= 11 is 0. The lowest BCUT2D eigenvalue weighted by Gasteiger charge is -1.93. The fourth-order valence-corrected chi connectivity index (χ4v) is 0.126. The molecule has 0 aliphatic rings. The van der Waals surface area contributed by atoms with Crippen LogP contribution in [0.25, 0.3) is 0 Å². The summed E-state index contributed by atoms with van der Waals surface area (Å²) in [5.74, 6) is 0.301. The Hall–Kier alpha value is -0.110. The van der Waals surface area contributed by atoms with Crippen molar-refractivity contribution < 1.29 is 9.47 Å². The van der Waals surface area contributed by atoms with Crippen molar-refractivity contribution >= 4 is 0 Å². The first-order valence-electron chi connectivity index (χ1n) is 2.01. The highest BCUT2D eigenvalue weighted by molar-refractivity contribution is 4.33. The molecule has 0 heterocycles. The molecule has 1 nitrogen and oxygen atoms in total. The van der Waals surface area contributed by atoms with E-state index in [2.05, 4.69) is 4.94 Å². The first-order valence-corrected chi connectivity index (χ1v) is 2.01. The third-order valence-corrected chi connectivity index (χ3v) is 0.396. The lowest BCUT2D eigenvalue weighted by Crippen LogP contribution is -1.93. The van der Waals surface area contributed by atoms with Crippen LogP contribution in [-0.4, -0.2) is 6.61 Å². The van der Waals surface area contributed by atoms with Gasteiger partial charge in [0.25, 0.3) is 0 Å². The van der Waals surface area contributed by atoms with Crippen molar-refractivity contribution in [2.45, 2.75) is 13.8 Å². The van der Waals surface area contributed by atoms with Crippen molar-refractivity contribution in [2.24, 2.45) is 5.92 Å². The molecule has 0 aromatic rings. The highest BCUT2D eigenvalue weighted by Crippen LogP contribution is 1.90. The van der Waals surface area contributed by atoms with Gasteiger partial charge in [-0.1, -0.05) is 13.8 Å². The van der Waals surface area contributed by atoms with Crippen molar-refractivity contribution in [1.82, 2.24) is 0 Å². The maximum absolute atomic E-state index is 10.7. The molecule has 6 heavy (non-hydrogen) atoms. The molecule has 0 spiro atoms. The van der Waals surface area contributed by atoms with Gasteiger partial charge in [0, 0.05) is 0 Å². The van der Waals surface area contributed by atoms with E-state index in [4.69, 9.17) is 0 Å². The fraction of sp³-hybridized carbons (Fsp3) is 1.00. The molecule has 0 aliphatic heterocycles. The molecule has 0 fully saturated rings. The summed E-state index contributed by atoms with van der Waals surface area (Å²) in [5, 5.41) is 0. The molecule has 0 saturated heterocycles. The fourth-order valence-electron chi connectivity index (χ4n) is 0.126. The maximum atomic E-state index is 10.7. The lowest BCUT2D eigenvalue weighted by molar-refractivity contribution is -0.141. The normalized spacial score (nSPS) is 10.0. The zero-order valence-electron chi connectivity index (χ0n) is 4.07. The molecule has 0 bridgehead atoms. The maximum Gasteiger partial charge on any atom is 0.0899 e. The molecule has 0 saturated carbocycles. The molecule has 0 aliphatic carbocycles. The summed E-state index contributed by atoms with van der Waals surface area (Å²) in [4.78, 5) is 3.30. The van der Waals surface area contributed by atoms with Crippen molar-refractivity contribution in [2.75, 3.05) is 6.61 Å². The van der Waals surface area contributed by atoms with Crippen molar-refractivity contribution in [1.29, 1.82) is 0 Å². The Labute approximate surface area is 37.0 Å². The van der Waals surface area contributed by atoms with Gasteiger partial charge >= 0.3 is 0 Å². The molecule has 0 radical (unpaired) electrons. The predicted molar refractivity (Wildman–Crippen MR) is 21.9 cm³/mol. The Morgan fingerprint density at radius 1 is 1.67 bits per heavy atom. The van der Waals surface area contributed by atoms with Crippen LogP contribution in [0, 0.1) is 5.92 Å². The molecule has 0 rings (SSSR count). The first-order chi connectivity index (χ1) is 2.77. The van der Waals surface area contributed by atoms with Crippen molar-refractivity contribution in [3.63, 3.8) is 0 Å². The molecule has 2 heteroatoms. The number of hydrogen-bond acceptors (Lipinski definition) is 1. The lowest BCUT2D eigenvalue weighted by atomic mass is 10.2. The number of hydrogen-bond donors (Lipinski definition) is 0. The number of halogens is 1. The monoisotopic (exact) mass is 92.1 g/mol. The van der Waals surface area contributed by atoms with Gasteiger partial charge in [-0.05, 0) is 10.4 Å². The summed E-state index contributed by atoms with van der Waals surface area (Å²) < 4.78 is 10.7. The Kier molecular flexibility index (Phi) is 3.04. The predicted octanol–water partition coefficient (Wildman–Crippen LogP) is 1.54. The van der Waals surface area contributed by atoms with Crippen LogP contribution in [0.2, 0.25) is 0 Å². The molecular weight excluding hydrogens is 83.0 g/mol. The van der Waals surface area contributed by atoms with Gasteiger partial charge in [-0.15, -0.1) is 0 Å². The van der Waals surface area contributed by atoms with Crippen LogP contribution in [0.15, 0.2) is 0 Å². The average Bonchev–Trinajstić information content (AvgIpc) is 1.35. The van der Waals surface area contributed by atoms with Crippen LogP contribution in [-0.2, 0) is 4.94 Å². The Bertz CT molecular complexity index is 28.7. The van der Waals surface area contributed by atoms with E-state index in [0.29, 0.717) is 5.92 Å². The van der Waals surface area contributed by atoms with E-state index >= 15 is 0 Å². The van der Waals surface area contributed by atoms with Crippen LogP contribution in [0.5, 0.6) is 0 Å². The molecular formula is C4H9FO. The highest BCUT2D eigenvalue weighted by Gasteiger charge is 1.88. The highest BCUT2D eigenvalue weighted by atomic mass is 19.3. The van der Waals surface area contributed by atoms with Crippen LogP contribution >= 0.6 is 0 Å². The van der Waals surface area contributed by atoms with E-state index in [-0.39, 0.29) is 6.61 Å². The molecule has 0 unspecified atom stereocenters. The zero-order chi connectivity index (χ0) is 4.99. The zero-order valence-corrected chi connectivity index (χ0v) is 4.07. The second kappa shape index (κ2) is 3.09. The van der Waals surface area contributed by atoms with E-state index in [1.54, 1.807) is 0 Å². The summed E-state index contributed by atoms with van der Waals surface area (Å²) in [7, 11) is 0. The van der Waals surface area contributed by atoms with Crippen LogP contribution in [0.1, 0.15) is 13.8 Å². The summed E-state index contributed by atoms with van der Waals surface area (Å²) in [6.45, 7) is 3.99. The van der Waals surface area contributed by atoms with Crippen molar-refractivity contribution in [3.8, 4) is 0 Å². The molecule has 0 N–H and O–H groups in total. The van der Waals surface area contributed by atoms with E-state index in [1.165, 1.54) is 0 Å². The first kappa shape index (κ1) is 5.89. The second-order valence-corrected chi connectivity index (χ2v) is 1.67. The number of rotatable bonds is 2. The van der Waals surface area contributed by atoms with Gasteiger partial charge in [0.15, 0.2) is 0 Å². The summed E-state index contributed by atoms with van der Waals surface area (Å²) in [6.07, 6.45) is 0. The third kappa shape index (κ3) is 3.89. The minimum absolute atomic E-state index is 0.208. The van der Waals surface area contributed by atoms with Gasteiger partial charge in [-0.2, -0.15) is 4.94 Å². The smallest absolute Gasteiger partial charge is 0.0899 e. The van der Waals surface area contributed by atoms with Crippen molar-refractivity contribution in [3.05, 3.63) is 0 Å². The van der Waals surface area contributed by atoms with Gasteiger partial charge in [-0.3, -0.25) is 0 Å². The van der Waals surface area contributed by atoms with E-state index in [1.807, 2.05) is 13.8 Å². The quantitative estimate of drug-likeness (QED) is 0.502. The van der Waals surface area contributed by atoms with Gasteiger partial charge in [0.05, 0.1) is 6.61 Å². The molecule has 0 atom stereocenters. The van der Waals surface area contributed by atoms with Crippen LogP contribution < -0.4 is 0 Å². The van der Waals surface area contributed by atoms with Gasteiger partial charge in [0.2, 0.25) is 0 Å². The standard InChI is InChI=1S/C4H9FO/c1-4(2)3-6-5/h4H,3H2,1-2H3. The molecule has 0 aromatic heterocycles. The van der Waals surface area contributed by atoms with Gasteiger partial charge < -0.3 is 0 Å². The minimum Gasteiger partial charge on any atom is -0.194 e. The second-order valence-electron chi connectivity index (χ2n) is 1.67. The van der Waals surface area contributed by atoms with E-state index in [9.17, 15) is 4.53 Å². The van der Waals surface area contributed by atoms with Gasteiger partial charge in [-0.25, -0.2) is 0 Å². The summed E-state index contributed by atoms with van der Waals surface area (Å²) in [6, 6.07) is 0. The molecule has 0 amide bonds. The average molecular weight is 92.1 g/mol. The van der Waals surface area contributed by atoms with Gasteiger partial charge in [0.1, 0.15) is 0 Å². The van der Waals surface area contributed by atoms with Crippen LogP contribution in [0.3, 0.4) is 0 Å². The third-order valence-electron chi connectivity index (χ3n) is 0.396. The Balaban J connectivity index is 2.63. The Morgan fingerprint density at radius 3 is 2.17 bits per heavy atom. The SMILES string of the molecule is CC(C)COF. The van der Waals surface area contributed by atoms with E-state index < -0.39 is 0 Å². The topological polar surface area (TPSA) is 9.23 Å². The summed E-state index contributed by atoms with van der Waals surface area (Å²) in [5.41, 5.74) is 0. The van der Waals surface area contributed by atoms with Crippen LogP contribution in [0.4, 0.5) is 4.53 Å². The molecule has 0 aromatic carbocycles. The Morgan fingerprint density at radius 2 is 2.17 bits per heavy atom. The van der Waals surface area contributed by atoms with E-state index in [0.717, 1.165) is 0 Å². The largest absolute Gasteiger partial charge is 0.194 e.